The van der Waals surface area contributed by atoms with Crippen LogP contribution in [0.5, 0.6) is 0 Å². The Kier molecular flexibility index (Phi) is 7.97. The van der Waals surface area contributed by atoms with E-state index >= 15 is 0 Å². The van der Waals surface area contributed by atoms with E-state index in [0.29, 0.717) is 10.4 Å². The lowest BCUT2D eigenvalue weighted by molar-refractivity contribution is 0.0997. The molecule has 9 heteroatoms. The molecule has 0 unspecified atom stereocenters. The molecule has 2 aromatic carbocycles. The van der Waals surface area contributed by atoms with Gasteiger partial charge in [0.25, 0.3) is 5.91 Å². The van der Waals surface area contributed by atoms with Gasteiger partial charge in [0.2, 0.25) is 10.0 Å². The minimum atomic E-state index is -3.59. The number of thioether (sulfide) groups is 1. The van der Waals surface area contributed by atoms with Gasteiger partial charge in [-0.25, -0.2) is 8.42 Å². The number of sulfonamides is 1. The van der Waals surface area contributed by atoms with Crippen molar-refractivity contribution in [1.82, 2.24) is 8.87 Å². The Balaban J connectivity index is 1.98. The Labute approximate surface area is 198 Å². The lowest BCUT2D eigenvalue weighted by atomic mass is 10.2. The van der Waals surface area contributed by atoms with Gasteiger partial charge in [0.05, 0.1) is 15.1 Å². The molecule has 0 radical (unpaired) electrons. The molecular formula is C23H29N3O3S3. The van der Waals surface area contributed by atoms with E-state index < -0.39 is 10.0 Å². The summed E-state index contributed by atoms with van der Waals surface area (Å²) in [6, 6.07) is 12.2. The van der Waals surface area contributed by atoms with Crippen molar-refractivity contribution in [2.75, 3.05) is 19.1 Å². The molecule has 32 heavy (non-hydrogen) atoms. The SMILES string of the molecule is CCc1ccc2c(c1)sc(=NC(=O)c1ccc(S(=O)(=O)N(C)C(C)C)cc1)n2CCSC. The van der Waals surface area contributed by atoms with E-state index in [4.69, 9.17) is 0 Å². The molecule has 3 aromatic rings. The van der Waals surface area contributed by atoms with Crippen LogP contribution >= 0.6 is 23.1 Å². The molecule has 0 N–H and O–H groups in total. The first-order chi connectivity index (χ1) is 15.2. The van der Waals surface area contributed by atoms with E-state index in [9.17, 15) is 13.2 Å². The molecule has 0 fully saturated rings. The number of hydrogen-bond donors (Lipinski definition) is 0. The molecule has 1 aromatic heterocycles. The summed E-state index contributed by atoms with van der Waals surface area (Å²) < 4.78 is 29.8. The first-order valence-electron chi connectivity index (χ1n) is 10.5. The maximum absolute atomic E-state index is 12.9. The van der Waals surface area contributed by atoms with Crippen LogP contribution in [0.15, 0.2) is 52.4 Å². The summed E-state index contributed by atoms with van der Waals surface area (Å²) in [5.41, 5.74) is 2.68. The number of fused-ring (bicyclic) bond motifs is 1. The van der Waals surface area contributed by atoms with Gasteiger partial charge in [-0.05, 0) is 68.5 Å². The predicted molar refractivity (Wildman–Crippen MR) is 134 cm³/mol. The normalized spacial score (nSPS) is 12.9. The number of aryl methyl sites for hydroxylation is 2. The van der Waals surface area contributed by atoms with E-state index in [-0.39, 0.29) is 16.8 Å². The standard InChI is InChI=1S/C23H29N3O3S3/c1-6-17-7-12-20-21(15-17)31-23(26(20)13-14-30-5)24-22(27)18-8-10-19(11-9-18)32(28,29)25(4)16(2)3/h7-12,15-16H,6,13-14H2,1-5H3. The third-order valence-electron chi connectivity index (χ3n) is 5.38. The monoisotopic (exact) mass is 491 g/mol. The van der Waals surface area contributed by atoms with Crippen molar-refractivity contribution in [2.24, 2.45) is 4.99 Å². The predicted octanol–water partition coefficient (Wildman–Crippen LogP) is 4.40. The minimum Gasteiger partial charge on any atom is -0.316 e. The van der Waals surface area contributed by atoms with Crippen LogP contribution in [0, 0.1) is 0 Å². The second kappa shape index (κ2) is 10.3. The van der Waals surface area contributed by atoms with Crippen molar-refractivity contribution in [1.29, 1.82) is 0 Å². The Morgan fingerprint density at radius 2 is 1.88 bits per heavy atom. The highest BCUT2D eigenvalue weighted by atomic mass is 32.2. The lowest BCUT2D eigenvalue weighted by Crippen LogP contribution is -2.33. The van der Waals surface area contributed by atoms with Crippen molar-refractivity contribution in [2.45, 2.75) is 44.7 Å². The van der Waals surface area contributed by atoms with Gasteiger partial charge in [-0.15, -0.1) is 0 Å². The first kappa shape index (κ1) is 24.7. The Bertz CT molecular complexity index is 1270. The fourth-order valence-corrected chi connectivity index (χ4v) is 6.04. The Morgan fingerprint density at radius 3 is 2.47 bits per heavy atom. The van der Waals surface area contributed by atoms with Crippen LogP contribution in [-0.2, 0) is 23.0 Å². The van der Waals surface area contributed by atoms with Crippen molar-refractivity contribution in [3.63, 3.8) is 0 Å². The number of carbonyl (C=O) groups is 1. The van der Waals surface area contributed by atoms with Gasteiger partial charge in [0, 0.05) is 31.0 Å². The van der Waals surface area contributed by atoms with Gasteiger partial charge in [-0.3, -0.25) is 4.79 Å². The molecule has 1 heterocycles. The zero-order valence-corrected chi connectivity index (χ0v) is 21.5. The maximum atomic E-state index is 12.9. The molecule has 0 aliphatic rings. The zero-order valence-electron chi connectivity index (χ0n) is 19.0. The summed E-state index contributed by atoms with van der Waals surface area (Å²) in [5, 5.41) is 0. The summed E-state index contributed by atoms with van der Waals surface area (Å²) in [6.07, 6.45) is 3.00. The van der Waals surface area contributed by atoms with Gasteiger partial charge in [-0.1, -0.05) is 24.3 Å². The molecule has 172 valence electrons. The number of rotatable bonds is 8. The highest BCUT2D eigenvalue weighted by molar-refractivity contribution is 7.98. The fourth-order valence-electron chi connectivity index (χ4n) is 3.19. The molecule has 6 nitrogen and oxygen atoms in total. The molecule has 0 aliphatic heterocycles. The van der Waals surface area contributed by atoms with E-state index in [1.807, 2.05) is 13.8 Å². The largest absolute Gasteiger partial charge is 0.316 e. The van der Waals surface area contributed by atoms with E-state index in [0.717, 1.165) is 28.9 Å². The summed E-state index contributed by atoms with van der Waals surface area (Å²) in [6.45, 7) is 6.51. The number of thiazole rings is 1. The van der Waals surface area contributed by atoms with Crippen LogP contribution in [0.2, 0.25) is 0 Å². The first-order valence-corrected chi connectivity index (χ1v) is 14.1. The van der Waals surface area contributed by atoms with Crippen LogP contribution < -0.4 is 4.80 Å². The van der Waals surface area contributed by atoms with Crippen molar-refractivity contribution < 1.29 is 13.2 Å². The fraction of sp³-hybridized carbons (Fsp3) is 0.391. The van der Waals surface area contributed by atoms with Crippen LogP contribution in [0.25, 0.3) is 10.2 Å². The lowest BCUT2D eigenvalue weighted by Gasteiger charge is -2.20. The highest BCUT2D eigenvalue weighted by Gasteiger charge is 2.23. The topological polar surface area (TPSA) is 71.7 Å². The summed E-state index contributed by atoms with van der Waals surface area (Å²) >= 11 is 3.25. The smallest absolute Gasteiger partial charge is 0.279 e. The van der Waals surface area contributed by atoms with Gasteiger partial charge in [-0.2, -0.15) is 21.1 Å². The number of aromatic nitrogens is 1. The third kappa shape index (κ3) is 5.17. The highest BCUT2D eigenvalue weighted by Crippen LogP contribution is 2.21. The van der Waals surface area contributed by atoms with Crippen LogP contribution in [0.4, 0.5) is 0 Å². The zero-order chi connectivity index (χ0) is 23.5. The second-order valence-electron chi connectivity index (χ2n) is 7.74. The van der Waals surface area contributed by atoms with E-state index in [1.54, 1.807) is 18.8 Å². The Morgan fingerprint density at radius 1 is 1.19 bits per heavy atom. The molecule has 0 spiro atoms. The van der Waals surface area contributed by atoms with Crippen LogP contribution in [0.3, 0.4) is 0 Å². The molecule has 0 saturated carbocycles. The Hall–Kier alpha value is -1.94. The van der Waals surface area contributed by atoms with Crippen molar-refractivity contribution >= 4 is 49.2 Å². The van der Waals surface area contributed by atoms with Gasteiger partial charge in [0.15, 0.2) is 4.80 Å². The molecule has 0 bridgehead atoms. The number of nitrogens with zero attached hydrogens (tertiary/aromatic N) is 3. The van der Waals surface area contributed by atoms with Gasteiger partial charge in [0.1, 0.15) is 0 Å². The maximum Gasteiger partial charge on any atom is 0.279 e. The molecular weight excluding hydrogens is 462 g/mol. The second-order valence-corrected chi connectivity index (χ2v) is 11.7. The molecule has 0 aliphatic carbocycles. The average Bonchev–Trinajstić information content (AvgIpc) is 3.12. The summed E-state index contributed by atoms with van der Waals surface area (Å²) in [5.74, 6) is 0.532. The van der Waals surface area contributed by atoms with Gasteiger partial charge >= 0.3 is 0 Å². The number of amides is 1. The molecule has 0 saturated heterocycles. The molecule has 1 amide bonds. The van der Waals surface area contributed by atoms with Crippen molar-refractivity contribution in [3.8, 4) is 0 Å². The molecule has 3 rings (SSSR count). The quantitative estimate of drug-likeness (QED) is 0.468. The third-order valence-corrected chi connectivity index (χ3v) is 9.06. The number of carbonyl (C=O) groups excluding carboxylic acids is 1. The number of benzene rings is 2. The van der Waals surface area contributed by atoms with Gasteiger partial charge < -0.3 is 4.57 Å². The molecule has 0 atom stereocenters. The van der Waals surface area contributed by atoms with Crippen LogP contribution in [0.1, 0.15) is 36.7 Å². The average molecular weight is 492 g/mol. The van der Waals surface area contributed by atoms with Crippen LogP contribution in [-0.4, -0.2) is 48.3 Å². The minimum absolute atomic E-state index is 0.158. The summed E-state index contributed by atoms with van der Waals surface area (Å²) in [7, 11) is -2.04. The van der Waals surface area contributed by atoms with Crippen molar-refractivity contribution in [3.05, 3.63) is 58.4 Å². The van der Waals surface area contributed by atoms with E-state index in [2.05, 4.69) is 40.9 Å². The number of hydrogen-bond acceptors (Lipinski definition) is 5. The summed E-state index contributed by atoms with van der Waals surface area (Å²) in [4.78, 5) is 18.1. The van der Waals surface area contributed by atoms with E-state index in [1.165, 1.54) is 45.5 Å².